The number of rotatable bonds is 8. The van der Waals surface area contributed by atoms with E-state index in [-0.39, 0.29) is 11.3 Å². The number of ether oxygens (including phenoxy) is 2. The van der Waals surface area contributed by atoms with Crippen LogP contribution in [0, 0.1) is 0 Å². The summed E-state index contributed by atoms with van der Waals surface area (Å²) in [6.07, 6.45) is 1.76. The lowest BCUT2D eigenvalue weighted by Gasteiger charge is -2.38. The van der Waals surface area contributed by atoms with E-state index in [2.05, 4.69) is 16.7 Å². The van der Waals surface area contributed by atoms with Crippen molar-refractivity contribution < 1.29 is 14.3 Å². The predicted molar refractivity (Wildman–Crippen MR) is 90.9 cm³/mol. The zero-order chi connectivity index (χ0) is 16.5. The van der Waals surface area contributed by atoms with Crippen LogP contribution in [0.15, 0.2) is 24.3 Å². The van der Waals surface area contributed by atoms with Crippen molar-refractivity contribution in [1.29, 1.82) is 0 Å². The van der Waals surface area contributed by atoms with E-state index in [1.165, 1.54) is 5.56 Å². The topological polar surface area (TPSA) is 59.6 Å². The highest BCUT2D eigenvalue weighted by Gasteiger charge is 2.34. The molecule has 0 bridgehead atoms. The van der Waals surface area contributed by atoms with Crippen LogP contribution in [0.3, 0.4) is 0 Å². The van der Waals surface area contributed by atoms with Crippen LogP contribution >= 0.6 is 11.6 Å². The van der Waals surface area contributed by atoms with Gasteiger partial charge in [0.05, 0.1) is 13.2 Å². The van der Waals surface area contributed by atoms with Gasteiger partial charge in [-0.05, 0) is 30.5 Å². The normalized spacial score (nSPS) is 17.0. The summed E-state index contributed by atoms with van der Waals surface area (Å²) in [6.45, 7) is 3.56. The van der Waals surface area contributed by atoms with Crippen molar-refractivity contribution in [2.75, 3.05) is 46.6 Å². The first-order valence-electron chi connectivity index (χ1n) is 7.96. The molecule has 5 nitrogen and oxygen atoms in total. The van der Waals surface area contributed by atoms with E-state index < -0.39 is 0 Å². The molecule has 0 atom stereocenters. The fourth-order valence-electron chi connectivity index (χ4n) is 2.85. The largest absolute Gasteiger partial charge is 0.383 e. The monoisotopic (exact) mass is 340 g/mol. The van der Waals surface area contributed by atoms with E-state index in [1.807, 2.05) is 18.2 Å². The molecule has 1 aliphatic rings. The SMILES string of the molecule is COCCNCC(=O)NCC1(c2cccc(Cl)c2)CCOCC1. The molecule has 0 aliphatic carbocycles. The number of methoxy groups -OCH3 is 1. The van der Waals surface area contributed by atoms with Crippen LogP contribution in [-0.4, -0.2) is 52.5 Å². The molecule has 0 radical (unpaired) electrons. The molecule has 2 rings (SSSR count). The maximum atomic E-state index is 12.0. The Hall–Kier alpha value is -1.14. The summed E-state index contributed by atoms with van der Waals surface area (Å²) in [5, 5.41) is 6.82. The molecule has 1 fully saturated rings. The van der Waals surface area contributed by atoms with Crippen LogP contribution < -0.4 is 10.6 Å². The highest BCUT2D eigenvalue weighted by molar-refractivity contribution is 6.30. The molecule has 0 saturated carbocycles. The lowest BCUT2D eigenvalue weighted by Crippen LogP contribution is -2.46. The van der Waals surface area contributed by atoms with Gasteiger partial charge in [-0.15, -0.1) is 0 Å². The van der Waals surface area contributed by atoms with E-state index in [4.69, 9.17) is 21.1 Å². The van der Waals surface area contributed by atoms with Crippen LogP contribution in [0.1, 0.15) is 18.4 Å². The Kier molecular flexibility index (Phi) is 7.30. The summed E-state index contributed by atoms with van der Waals surface area (Å²) in [6, 6.07) is 7.91. The zero-order valence-electron chi connectivity index (χ0n) is 13.6. The van der Waals surface area contributed by atoms with Crippen LogP contribution in [0.2, 0.25) is 5.02 Å². The molecule has 1 heterocycles. The minimum atomic E-state index is -0.106. The second kappa shape index (κ2) is 9.23. The number of carbonyl (C=O) groups is 1. The van der Waals surface area contributed by atoms with Crippen molar-refractivity contribution in [1.82, 2.24) is 10.6 Å². The summed E-state index contributed by atoms with van der Waals surface area (Å²) in [4.78, 5) is 12.0. The van der Waals surface area contributed by atoms with Crippen molar-refractivity contribution in [2.45, 2.75) is 18.3 Å². The number of hydrogen-bond donors (Lipinski definition) is 2. The molecule has 1 saturated heterocycles. The van der Waals surface area contributed by atoms with Gasteiger partial charge >= 0.3 is 0 Å². The van der Waals surface area contributed by atoms with Gasteiger partial charge in [-0.3, -0.25) is 4.79 Å². The smallest absolute Gasteiger partial charge is 0.233 e. The molecule has 6 heteroatoms. The van der Waals surface area contributed by atoms with Crippen molar-refractivity contribution in [3.8, 4) is 0 Å². The summed E-state index contributed by atoms with van der Waals surface area (Å²) < 4.78 is 10.4. The van der Waals surface area contributed by atoms with E-state index >= 15 is 0 Å². The van der Waals surface area contributed by atoms with Crippen molar-refractivity contribution in [2.24, 2.45) is 0 Å². The lowest BCUT2D eigenvalue weighted by molar-refractivity contribution is -0.120. The molecule has 0 spiro atoms. The molecule has 2 N–H and O–H groups in total. The molecule has 0 aromatic heterocycles. The molecule has 1 aliphatic heterocycles. The van der Waals surface area contributed by atoms with E-state index in [0.29, 0.717) is 39.5 Å². The lowest BCUT2D eigenvalue weighted by atomic mass is 9.74. The second-order valence-corrected chi connectivity index (χ2v) is 6.29. The fourth-order valence-corrected chi connectivity index (χ4v) is 3.04. The number of benzene rings is 1. The maximum Gasteiger partial charge on any atom is 0.233 e. The third kappa shape index (κ3) is 5.46. The van der Waals surface area contributed by atoms with Gasteiger partial charge in [-0.1, -0.05) is 23.7 Å². The first-order chi connectivity index (χ1) is 11.2. The molecule has 1 amide bonds. The van der Waals surface area contributed by atoms with Gasteiger partial charge < -0.3 is 20.1 Å². The average Bonchev–Trinajstić information content (AvgIpc) is 2.58. The van der Waals surface area contributed by atoms with E-state index in [0.717, 1.165) is 17.9 Å². The Labute approximate surface area is 142 Å². The van der Waals surface area contributed by atoms with E-state index in [9.17, 15) is 4.79 Å². The zero-order valence-corrected chi connectivity index (χ0v) is 14.3. The van der Waals surface area contributed by atoms with Crippen molar-refractivity contribution in [3.63, 3.8) is 0 Å². The van der Waals surface area contributed by atoms with E-state index in [1.54, 1.807) is 7.11 Å². The summed E-state index contributed by atoms with van der Waals surface area (Å²) in [5.41, 5.74) is 1.06. The Morgan fingerprint density at radius 2 is 2.17 bits per heavy atom. The van der Waals surface area contributed by atoms with Gasteiger partial charge in [-0.25, -0.2) is 0 Å². The molecule has 0 unspecified atom stereocenters. The molecule has 1 aromatic carbocycles. The van der Waals surface area contributed by atoms with Crippen LogP contribution in [0.25, 0.3) is 0 Å². The van der Waals surface area contributed by atoms with Gasteiger partial charge in [0, 0.05) is 43.9 Å². The van der Waals surface area contributed by atoms with Gasteiger partial charge in [0.25, 0.3) is 0 Å². The highest BCUT2D eigenvalue weighted by Crippen LogP contribution is 2.35. The van der Waals surface area contributed by atoms with Gasteiger partial charge in [0.2, 0.25) is 5.91 Å². The quantitative estimate of drug-likeness (QED) is 0.708. The molecule has 128 valence electrons. The molecular weight excluding hydrogens is 316 g/mol. The minimum absolute atomic E-state index is 0.00556. The van der Waals surface area contributed by atoms with Crippen LogP contribution in [0.4, 0.5) is 0 Å². The van der Waals surface area contributed by atoms with Gasteiger partial charge in [0.1, 0.15) is 0 Å². The average molecular weight is 341 g/mol. The molecule has 23 heavy (non-hydrogen) atoms. The molecule has 1 aromatic rings. The number of amides is 1. The minimum Gasteiger partial charge on any atom is -0.383 e. The Morgan fingerprint density at radius 3 is 2.87 bits per heavy atom. The van der Waals surface area contributed by atoms with Crippen LogP contribution in [0.5, 0.6) is 0 Å². The Balaban J connectivity index is 1.95. The number of halogens is 1. The van der Waals surface area contributed by atoms with Gasteiger partial charge in [0.15, 0.2) is 0 Å². The third-order valence-electron chi connectivity index (χ3n) is 4.28. The first kappa shape index (κ1) is 18.2. The fraction of sp³-hybridized carbons (Fsp3) is 0.588. The number of nitrogens with one attached hydrogen (secondary N) is 2. The number of hydrogen-bond acceptors (Lipinski definition) is 4. The first-order valence-corrected chi connectivity index (χ1v) is 8.34. The molecular formula is C17H25ClN2O3. The van der Waals surface area contributed by atoms with Gasteiger partial charge in [-0.2, -0.15) is 0 Å². The summed E-state index contributed by atoms with van der Waals surface area (Å²) >= 11 is 6.15. The standard InChI is InChI=1S/C17H25ClN2O3/c1-22-10-7-19-12-16(21)20-13-17(5-8-23-9-6-17)14-3-2-4-15(18)11-14/h2-4,11,19H,5-10,12-13H2,1H3,(H,20,21). The summed E-state index contributed by atoms with van der Waals surface area (Å²) in [7, 11) is 1.64. The second-order valence-electron chi connectivity index (χ2n) is 5.85. The van der Waals surface area contributed by atoms with Crippen molar-refractivity contribution >= 4 is 17.5 Å². The van der Waals surface area contributed by atoms with Crippen LogP contribution in [-0.2, 0) is 19.7 Å². The third-order valence-corrected chi connectivity index (χ3v) is 4.51. The van der Waals surface area contributed by atoms with Crippen molar-refractivity contribution in [3.05, 3.63) is 34.9 Å². The summed E-state index contributed by atoms with van der Waals surface area (Å²) in [5.74, 6) is -0.00556. The predicted octanol–water partition coefficient (Wildman–Crippen LogP) is 1.74. The Morgan fingerprint density at radius 1 is 1.39 bits per heavy atom. The highest BCUT2D eigenvalue weighted by atomic mass is 35.5. The number of carbonyl (C=O) groups excluding carboxylic acids is 1. The maximum absolute atomic E-state index is 12.0. The Bertz CT molecular complexity index is 504.